The Balaban J connectivity index is 2.77. The number of ether oxygens (including phenoxy) is 2. The topological polar surface area (TPSA) is 47.7 Å². The van der Waals surface area contributed by atoms with Gasteiger partial charge >= 0.3 is 6.61 Å². The van der Waals surface area contributed by atoms with Gasteiger partial charge in [-0.2, -0.15) is 8.78 Å². The van der Waals surface area contributed by atoms with Crippen molar-refractivity contribution in [2.75, 3.05) is 33.4 Å². The monoisotopic (exact) mass is 288 g/mol. The first-order valence-electron chi connectivity index (χ1n) is 6.60. The molecule has 0 aromatic heterocycles. The number of nitrogens with two attached hydrogens (primary N) is 1. The zero-order chi connectivity index (χ0) is 15.0. The summed E-state index contributed by atoms with van der Waals surface area (Å²) in [6.45, 7) is 1.92. The van der Waals surface area contributed by atoms with Crippen LogP contribution < -0.4 is 10.5 Å². The van der Waals surface area contributed by atoms with E-state index in [0.29, 0.717) is 13.2 Å². The molecule has 0 saturated carbocycles. The summed E-state index contributed by atoms with van der Waals surface area (Å²) in [5.74, 6) is 0.152. The highest BCUT2D eigenvalue weighted by molar-refractivity contribution is 5.29. The van der Waals surface area contributed by atoms with Crippen LogP contribution in [0.25, 0.3) is 0 Å². The highest BCUT2D eigenvalue weighted by Crippen LogP contribution is 2.23. The minimum atomic E-state index is -2.81. The molecule has 1 aromatic carbocycles. The van der Waals surface area contributed by atoms with E-state index in [1.165, 1.54) is 12.1 Å². The smallest absolute Gasteiger partial charge is 0.387 e. The van der Waals surface area contributed by atoms with E-state index in [-0.39, 0.29) is 11.8 Å². The lowest BCUT2D eigenvalue weighted by atomic mass is 10.1. The normalized spacial score (nSPS) is 12.9. The number of methoxy groups -OCH3 is 1. The summed E-state index contributed by atoms with van der Waals surface area (Å²) in [5, 5.41) is 0. The first-order valence-corrected chi connectivity index (χ1v) is 6.60. The first kappa shape index (κ1) is 16.8. The SMILES string of the molecule is CCN(CCOC)C(CN)c1ccc(OC(F)F)cc1. The summed E-state index contributed by atoms with van der Waals surface area (Å²) in [5.41, 5.74) is 6.82. The van der Waals surface area contributed by atoms with Crippen molar-refractivity contribution in [2.45, 2.75) is 19.6 Å². The molecule has 6 heteroatoms. The van der Waals surface area contributed by atoms with Crippen molar-refractivity contribution in [3.05, 3.63) is 29.8 Å². The summed E-state index contributed by atoms with van der Waals surface area (Å²) in [6, 6.07) is 6.65. The molecule has 1 atom stereocenters. The van der Waals surface area contributed by atoms with Crippen LogP contribution in [0.2, 0.25) is 0 Å². The average molecular weight is 288 g/mol. The number of hydrogen-bond acceptors (Lipinski definition) is 4. The molecular formula is C14H22F2N2O2. The zero-order valence-corrected chi connectivity index (χ0v) is 11.9. The molecule has 0 spiro atoms. The second-order valence-corrected chi connectivity index (χ2v) is 4.32. The molecule has 4 nitrogen and oxygen atoms in total. The van der Waals surface area contributed by atoms with E-state index in [4.69, 9.17) is 10.5 Å². The van der Waals surface area contributed by atoms with Gasteiger partial charge in [0, 0.05) is 26.2 Å². The highest BCUT2D eigenvalue weighted by Gasteiger charge is 2.17. The molecule has 20 heavy (non-hydrogen) atoms. The fraction of sp³-hybridized carbons (Fsp3) is 0.571. The van der Waals surface area contributed by atoms with Gasteiger partial charge in [-0.1, -0.05) is 19.1 Å². The van der Waals surface area contributed by atoms with E-state index in [2.05, 4.69) is 9.64 Å². The average Bonchev–Trinajstić information content (AvgIpc) is 2.44. The third-order valence-corrected chi connectivity index (χ3v) is 3.14. The molecule has 0 heterocycles. The minimum absolute atomic E-state index is 0.0377. The van der Waals surface area contributed by atoms with Crippen LogP contribution in [-0.2, 0) is 4.74 Å². The molecule has 0 aliphatic carbocycles. The molecule has 0 radical (unpaired) electrons. The van der Waals surface area contributed by atoms with E-state index in [1.807, 2.05) is 6.92 Å². The van der Waals surface area contributed by atoms with Gasteiger partial charge in [0.15, 0.2) is 0 Å². The van der Waals surface area contributed by atoms with Crippen LogP contribution in [-0.4, -0.2) is 44.9 Å². The quantitative estimate of drug-likeness (QED) is 0.757. The van der Waals surface area contributed by atoms with Gasteiger partial charge in [-0.05, 0) is 24.2 Å². The summed E-state index contributed by atoms with van der Waals surface area (Å²) in [4.78, 5) is 2.19. The molecule has 1 unspecified atom stereocenters. The molecule has 0 aliphatic heterocycles. The Morgan fingerprint density at radius 3 is 2.35 bits per heavy atom. The first-order chi connectivity index (χ1) is 9.62. The lowest BCUT2D eigenvalue weighted by Crippen LogP contribution is -2.35. The molecular weight excluding hydrogens is 266 g/mol. The fourth-order valence-corrected chi connectivity index (χ4v) is 2.11. The van der Waals surface area contributed by atoms with Gasteiger partial charge in [-0.15, -0.1) is 0 Å². The molecule has 1 aromatic rings. The van der Waals surface area contributed by atoms with Crippen molar-refractivity contribution in [1.82, 2.24) is 4.90 Å². The van der Waals surface area contributed by atoms with E-state index in [0.717, 1.165) is 18.7 Å². The van der Waals surface area contributed by atoms with Crippen molar-refractivity contribution in [2.24, 2.45) is 5.73 Å². The maximum absolute atomic E-state index is 12.1. The number of halogens is 2. The van der Waals surface area contributed by atoms with Crippen molar-refractivity contribution in [1.29, 1.82) is 0 Å². The minimum Gasteiger partial charge on any atom is -0.435 e. The van der Waals surface area contributed by atoms with E-state index in [1.54, 1.807) is 19.2 Å². The number of likely N-dealkylation sites (N-methyl/N-ethyl adjacent to an activating group) is 1. The summed E-state index contributed by atoms with van der Waals surface area (Å²) in [7, 11) is 1.65. The van der Waals surface area contributed by atoms with Gasteiger partial charge in [0.25, 0.3) is 0 Å². The lowest BCUT2D eigenvalue weighted by molar-refractivity contribution is -0.0498. The van der Waals surface area contributed by atoms with Crippen LogP contribution in [0.1, 0.15) is 18.5 Å². The van der Waals surface area contributed by atoms with Crippen molar-refractivity contribution in [3.63, 3.8) is 0 Å². The zero-order valence-electron chi connectivity index (χ0n) is 11.9. The summed E-state index contributed by atoms with van der Waals surface area (Å²) < 4.78 is 33.6. The van der Waals surface area contributed by atoms with E-state index >= 15 is 0 Å². The number of rotatable bonds is 9. The molecule has 0 saturated heterocycles. The summed E-state index contributed by atoms with van der Waals surface area (Å²) >= 11 is 0. The predicted molar refractivity (Wildman–Crippen MR) is 74.0 cm³/mol. The number of benzene rings is 1. The van der Waals surface area contributed by atoms with Gasteiger partial charge in [-0.25, -0.2) is 0 Å². The van der Waals surface area contributed by atoms with Gasteiger partial charge in [0.1, 0.15) is 5.75 Å². The Labute approximate surface area is 118 Å². The largest absolute Gasteiger partial charge is 0.435 e. The molecule has 1 rings (SSSR count). The van der Waals surface area contributed by atoms with Crippen LogP contribution in [0.15, 0.2) is 24.3 Å². The second-order valence-electron chi connectivity index (χ2n) is 4.32. The molecule has 2 N–H and O–H groups in total. The lowest BCUT2D eigenvalue weighted by Gasteiger charge is -2.30. The number of hydrogen-bond donors (Lipinski definition) is 1. The molecule has 0 bridgehead atoms. The molecule has 0 aliphatic rings. The Hall–Kier alpha value is -1.24. The van der Waals surface area contributed by atoms with Gasteiger partial charge in [-0.3, -0.25) is 4.90 Å². The Morgan fingerprint density at radius 2 is 1.90 bits per heavy atom. The summed E-state index contributed by atoms with van der Waals surface area (Å²) in [6.07, 6.45) is 0. The van der Waals surface area contributed by atoms with E-state index in [9.17, 15) is 8.78 Å². The Kier molecular flexibility index (Phi) is 7.43. The fourth-order valence-electron chi connectivity index (χ4n) is 2.11. The van der Waals surface area contributed by atoms with Gasteiger partial charge in [0.2, 0.25) is 0 Å². The van der Waals surface area contributed by atoms with Crippen LogP contribution >= 0.6 is 0 Å². The predicted octanol–water partition coefficient (Wildman–Crippen LogP) is 2.26. The number of nitrogens with zero attached hydrogens (tertiary/aromatic N) is 1. The number of alkyl halides is 2. The molecule has 0 amide bonds. The molecule has 0 fully saturated rings. The Morgan fingerprint density at radius 1 is 1.25 bits per heavy atom. The van der Waals surface area contributed by atoms with Crippen LogP contribution in [0.3, 0.4) is 0 Å². The van der Waals surface area contributed by atoms with Gasteiger partial charge < -0.3 is 15.2 Å². The van der Waals surface area contributed by atoms with Crippen LogP contribution in [0.5, 0.6) is 5.75 Å². The van der Waals surface area contributed by atoms with Gasteiger partial charge in [0.05, 0.1) is 6.61 Å². The van der Waals surface area contributed by atoms with Crippen LogP contribution in [0.4, 0.5) is 8.78 Å². The highest BCUT2D eigenvalue weighted by atomic mass is 19.3. The second kappa shape index (κ2) is 8.84. The van der Waals surface area contributed by atoms with Crippen molar-refractivity contribution < 1.29 is 18.3 Å². The third-order valence-electron chi connectivity index (χ3n) is 3.14. The third kappa shape index (κ3) is 5.03. The van der Waals surface area contributed by atoms with Crippen molar-refractivity contribution in [3.8, 4) is 5.75 Å². The van der Waals surface area contributed by atoms with E-state index < -0.39 is 6.61 Å². The standard InChI is InChI=1S/C14H22F2N2O2/c1-3-18(8-9-19-2)13(10-17)11-4-6-12(7-5-11)20-14(15)16/h4-7,13-14H,3,8-10,17H2,1-2H3. The van der Waals surface area contributed by atoms with Crippen molar-refractivity contribution >= 4 is 0 Å². The molecule has 114 valence electrons. The van der Waals surface area contributed by atoms with Crippen LogP contribution in [0, 0.1) is 0 Å². The Bertz CT molecular complexity index is 374. The maximum Gasteiger partial charge on any atom is 0.387 e. The maximum atomic E-state index is 12.1.